The fraction of sp³-hybridized carbons (Fsp3) is 0.500. The van der Waals surface area contributed by atoms with Gasteiger partial charge in [0.05, 0.1) is 0 Å². The molecule has 0 amide bonds. The van der Waals surface area contributed by atoms with Gasteiger partial charge in [0.2, 0.25) is 0 Å². The molecule has 0 saturated carbocycles. The van der Waals surface area contributed by atoms with E-state index in [1.807, 2.05) is 0 Å². The molecule has 0 aliphatic heterocycles. The van der Waals surface area contributed by atoms with Crippen molar-refractivity contribution in [3.05, 3.63) is 0 Å². The van der Waals surface area contributed by atoms with E-state index in [1.54, 1.807) is 0 Å². The van der Waals surface area contributed by atoms with Crippen molar-refractivity contribution in [1.29, 1.82) is 0 Å². The van der Waals surface area contributed by atoms with Gasteiger partial charge in [-0.15, -0.1) is 0 Å². The Morgan fingerprint density at radius 3 is 0.324 bits per heavy atom. The minimum Gasteiger partial charge on any atom is -0.550 e. The molecule has 34 heavy (non-hydrogen) atoms. The molecule has 0 heterocycles. The molecule has 0 bridgehead atoms. The van der Waals surface area contributed by atoms with E-state index in [4.69, 9.17) is 59.4 Å². The maximum atomic E-state index is 8.89. The van der Waals surface area contributed by atoms with Gasteiger partial charge in [-0.2, -0.15) is 0 Å². The molecular formula is C12H38Dy2O20+4. The first-order valence-corrected chi connectivity index (χ1v) is 5.45. The van der Waals surface area contributed by atoms with Crippen molar-refractivity contribution in [2.24, 2.45) is 0 Å². The van der Waals surface area contributed by atoms with Crippen molar-refractivity contribution >= 4 is 35.8 Å². The summed E-state index contributed by atoms with van der Waals surface area (Å²) in [5.41, 5.74) is 0. The zero-order chi connectivity index (χ0) is 21.5. The van der Waals surface area contributed by atoms with Crippen LogP contribution in [0.1, 0.15) is 41.5 Å². The second kappa shape index (κ2) is 106. The van der Waals surface area contributed by atoms with E-state index in [-0.39, 0.29) is 120 Å². The molecule has 0 saturated heterocycles. The number of hydrogen-bond acceptors (Lipinski definition) is 12. The van der Waals surface area contributed by atoms with E-state index < -0.39 is 35.8 Å². The van der Waals surface area contributed by atoms with E-state index >= 15 is 0 Å². The van der Waals surface area contributed by atoms with E-state index in [1.165, 1.54) is 0 Å². The van der Waals surface area contributed by atoms with Gasteiger partial charge >= 0.3 is 76.3 Å². The van der Waals surface area contributed by atoms with Gasteiger partial charge in [0.15, 0.2) is 0 Å². The fourth-order valence-electron chi connectivity index (χ4n) is 0. The first kappa shape index (κ1) is 117. The molecule has 22 heteroatoms. The summed E-state index contributed by atoms with van der Waals surface area (Å²) in [5.74, 6) is -6.50. The second-order valence-electron chi connectivity index (χ2n) is 2.95. The summed E-state index contributed by atoms with van der Waals surface area (Å²) in [6.07, 6.45) is 0. The second-order valence-corrected chi connectivity index (χ2v) is 2.95. The Bertz CT molecular complexity index is 273. The molecule has 0 aliphatic carbocycles. The number of carboxylic acids is 6. The molecular weight excluding hydrogens is 789 g/mol. The Hall–Kier alpha value is -0.955. The monoisotopic (exact) mass is 830 g/mol. The van der Waals surface area contributed by atoms with Crippen molar-refractivity contribution in [3.63, 3.8) is 0 Å². The van der Waals surface area contributed by atoms with Crippen LogP contribution in [0, 0.1) is 76.3 Å². The summed E-state index contributed by atoms with van der Waals surface area (Å²) < 4.78 is 0. The van der Waals surface area contributed by atoms with Crippen LogP contribution >= 0.6 is 0 Å². The summed E-state index contributed by atoms with van der Waals surface area (Å²) in [6, 6.07) is 0. The average Bonchev–Trinajstić information content (AvgIpc) is 2.08. The number of rotatable bonds is 0. The molecule has 222 valence electrons. The zero-order valence-corrected chi connectivity index (χ0v) is 22.9. The summed E-state index contributed by atoms with van der Waals surface area (Å²) in [4.78, 5) is 53.3. The summed E-state index contributed by atoms with van der Waals surface area (Å²) in [5, 5.41) is 53.3. The Morgan fingerprint density at radius 2 is 0.324 bits per heavy atom. The molecule has 0 aromatic heterocycles. The van der Waals surface area contributed by atoms with Crippen LogP contribution in [0.2, 0.25) is 0 Å². The summed E-state index contributed by atoms with van der Waals surface area (Å²) in [6.45, 7) is 5.83. The van der Waals surface area contributed by atoms with Gasteiger partial charge in [-0.1, -0.05) is 0 Å². The Kier molecular flexibility index (Phi) is 365. The maximum Gasteiger partial charge on any atom is 3.00 e. The number of carbonyl (C=O) groups excluding carboxylic acids is 6. The third-order valence-electron chi connectivity index (χ3n) is 0. The third kappa shape index (κ3) is 30800. The topological polar surface area (TPSA) is 499 Å². The van der Waals surface area contributed by atoms with Crippen LogP contribution in [-0.2, 0) is 50.7 Å². The molecule has 0 aromatic carbocycles. The SMILES string of the molecule is CC(=O)[O-].CC(=O)[O-].CC(=O)[O-].CC(=O)[O-].CC(=O)[O-].CC(=O)[O-].O.O.O.O.[Dy+3].[Dy+3].[OH3+].[OH3+].[OH3+].[OH3+]. The fourth-order valence-corrected chi connectivity index (χ4v) is 0. The predicted molar refractivity (Wildman–Crippen MR) is 98.0 cm³/mol. The summed E-state index contributed by atoms with van der Waals surface area (Å²) >= 11 is 0. The van der Waals surface area contributed by atoms with Crippen molar-refractivity contribution in [3.8, 4) is 0 Å². The smallest absolute Gasteiger partial charge is 0.550 e. The maximum absolute atomic E-state index is 8.89. The number of carbonyl (C=O) groups is 6. The molecule has 0 aliphatic rings. The molecule has 0 rings (SSSR count). The first-order chi connectivity index (χ1) is 10.4. The number of hydrogen-bond donors (Lipinski definition) is 0. The van der Waals surface area contributed by atoms with Gasteiger partial charge in [-0.25, -0.2) is 0 Å². The van der Waals surface area contributed by atoms with Crippen LogP contribution in [0.25, 0.3) is 0 Å². The van der Waals surface area contributed by atoms with Crippen LogP contribution in [0.5, 0.6) is 0 Å². The van der Waals surface area contributed by atoms with Crippen molar-refractivity contribution in [2.75, 3.05) is 0 Å². The normalized spacial score (nSPS) is 4.41. The molecule has 0 unspecified atom stereocenters. The van der Waals surface area contributed by atoms with Gasteiger partial charge in [0.1, 0.15) is 0 Å². The average molecular weight is 827 g/mol. The number of carboxylic acid groups (broad SMARTS) is 6. The van der Waals surface area contributed by atoms with E-state index in [0.717, 1.165) is 41.5 Å². The minimum absolute atomic E-state index is 0. The first-order valence-electron chi connectivity index (χ1n) is 5.45. The quantitative estimate of drug-likeness (QED) is 0.206. The third-order valence-corrected chi connectivity index (χ3v) is 0. The molecule has 20 N–H and O–H groups in total. The predicted octanol–water partition coefficient (Wildman–Crippen LogP) is -14.4. The molecule has 20 nitrogen and oxygen atoms in total. The standard InChI is InChI=1S/6C2H4O2.2Dy.8H2O/c6*1-2(3)4;;;;;;;;;;/h6*1H3,(H,3,4);;;8*1H2/q;;;;;;2*+3;;;;;;;;/p-2. The number of aliphatic carboxylic acids is 6. The Labute approximate surface area is 254 Å². The van der Waals surface area contributed by atoms with Crippen molar-refractivity contribution in [2.45, 2.75) is 41.5 Å². The molecule has 0 aromatic rings. The zero-order valence-electron chi connectivity index (χ0n) is 18.8. The minimum atomic E-state index is -1.08. The molecule has 0 spiro atoms. The Morgan fingerprint density at radius 1 is 0.324 bits per heavy atom. The van der Waals surface area contributed by atoms with Crippen LogP contribution in [-0.4, -0.2) is 57.7 Å². The van der Waals surface area contributed by atoms with Crippen LogP contribution < -0.4 is 30.6 Å². The Balaban J connectivity index is -0.00000000771. The van der Waals surface area contributed by atoms with E-state index in [0.29, 0.717) is 0 Å². The van der Waals surface area contributed by atoms with Crippen LogP contribution in [0.4, 0.5) is 0 Å². The molecule has 0 atom stereocenters. The van der Waals surface area contributed by atoms with Gasteiger partial charge in [-0.05, 0) is 41.5 Å². The van der Waals surface area contributed by atoms with Crippen LogP contribution in [0.3, 0.4) is 0 Å². The molecule has 2 radical (unpaired) electrons. The largest absolute Gasteiger partial charge is 3.00 e. The van der Waals surface area contributed by atoms with Crippen molar-refractivity contribution in [1.82, 2.24) is 0 Å². The summed E-state index contributed by atoms with van der Waals surface area (Å²) in [7, 11) is 0. The van der Waals surface area contributed by atoms with Gasteiger partial charge < -0.3 is 103 Å². The van der Waals surface area contributed by atoms with Crippen molar-refractivity contribution < 1.29 is 180 Å². The van der Waals surface area contributed by atoms with Crippen LogP contribution in [0.15, 0.2) is 0 Å². The van der Waals surface area contributed by atoms with Gasteiger partial charge in [-0.3, -0.25) is 0 Å². The van der Waals surface area contributed by atoms with E-state index in [2.05, 4.69) is 0 Å². The van der Waals surface area contributed by atoms with E-state index in [9.17, 15) is 0 Å². The molecule has 0 fully saturated rings. The van der Waals surface area contributed by atoms with Gasteiger partial charge in [0.25, 0.3) is 0 Å². The van der Waals surface area contributed by atoms with Gasteiger partial charge in [0, 0.05) is 35.8 Å².